The summed E-state index contributed by atoms with van der Waals surface area (Å²) < 4.78 is 19.8. The Morgan fingerprint density at radius 1 is 1.26 bits per heavy atom. The van der Waals surface area contributed by atoms with Gasteiger partial charge < -0.3 is 14.8 Å². The van der Waals surface area contributed by atoms with E-state index < -0.39 is 0 Å². The predicted octanol–water partition coefficient (Wildman–Crippen LogP) is 4.95. The molecule has 2 aromatic carbocycles. The van der Waals surface area contributed by atoms with Crippen molar-refractivity contribution in [2.24, 2.45) is 0 Å². The second kappa shape index (κ2) is 11.3. The monoisotopic (exact) mass is 369 g/mol. The highest BCUT2D eigenvalue weighted by Gasteiger charge is 2.12. The molecule has 0 heterocycles. The van der Waals surface area contributed by atoms with E-state index in [-0.39, 0.29) is 11.9 Å². The average molecular weight is 369 g/mol. The maximum Gasteiger partial charge on any atom is 0.123 e. The average Bonchev–Trinajstić information content (AvgIpc) is 2.68. The Labute approximate surface area is 161 Å². The zero-order chi connectivity index (χ0) is 19.5. The third-order valence-corrected chi connectivity index (χ3v) is 4.36. The summed E-state index contributed by atoms with van der Waals surface area (Å²) in [4.78, 5) is 8.81. The van der Waals surface area contributed by atoms with E-state index in [9.17, 15) is 4.39 Å². The largest absolute Gasteiger partial charge is 0.486 e. The lowest BCUT2D eigenvalue weighted by Crippen LogP contribution is -2.16. The lowest BCUT2D eigenvalue weighted by atomic mass is 9.97. The first kappa shape index (κ1) is 20.8. The van der Waals surface area contributed by atoms with E-state index in [1.165, 1.54) is 18.6 Å². The van der Waals surface area contributed by atoms with E-state index in [0.717, 1.165) is 55.4 Å². The van der Waals surface area contributed by atoms with Gasteiger partial charge in [0.2, 0.25) is 0 Å². The fraction of sp³-hybridized carbons (Fsp3) is 0.348. The van der Waals surface area contributed by atoms with E-state index in [1.54, 1.807) is 12.1 Å². The van der Waals surface area contributed by atoms with Crippen LogP contribution in [0.25, 0.3) is 11.1 Å². The zero-order valence-corrected chi connectivity index (χ0v) is 16.1. The molecule has 0 aromatic heterocycles. The number of nitrogens with one attached hydrogen (secondary N) is 1. The molecule has 0 spiro atoms. The number of ether oxygens (including phenoxy) is 1. The van der Waals surface area contributed by atoms with Crippen molar-refractivity contribution in [3.8, 4) is 16.9 Å². The van der Waals surface area contributed by atoms with E-state index in [2.05, 4.69) is 23.5 Å². The molecule has 1 atom stereocenters. The third kappa shape index (κ3) is 6.65. The molecule has 1 aliphatic rings. The number of hydrogen-bond acceptors (Lipinski definition) is 3. The van der Waals surface area contributed by atoms with Crippen molar-refractivity contribution in [3.05, 3.63) is 66.0 Å². The van der Waals surface area contributed by atoms with Crippen molar-refractivity contribution < 1.29 is 13.9 Å². The SMILES string of the molecule is CC=O.CNCCc1ccc(OC2C=CCCC2)cc1-c1cccc(F)c1. The van der Waals surface area contributed by atoms with Gasteiger partial charge in [-0.05, 0) is 93.2 Å². The van der Waals surface area contributed by atoms with Gasteiger partial charge >= 0.3 is 0 Å². The van der Waals surface area contributed by atoms with Crippen LogP contribution in [-0.2, 0) is 11.2 Å². The summed E-state index contributed by atoms with van der Waals surface area (Å²) in [5.74, 6) is 0.632. The molecule has 0 aliphatic heterocycles. The van der Waals surface area contributed by atoms with Gasteiger partial charge in [-0.1, -0.05) is 24.3 Å². The number of carbonyl (C=O) groups excluding carboxylic acids is 1. The smallest absolute Gasteiger partial charge is 0.123 e. The fourth-order valence-electron chi connectivity index (χ4n) is 3.09. The first-order valence-corrected chi connectivity index (χ1v) is 9.44. The number of aldehydes is 1. The van der Waals surface area contributed by atoms with Gasteiger partial charge in [-0.15, -0.1) is 0 Å². The lowest BCUT2D eigenvalue weighted by molar-refractivity contribution is -0.106. The Hall–Kier alpha value is -2.46. The molecule has 3 rings (SSSR count). The predicted molar refractivity (Wildman–Crippen MR) is 109 cm³/mol. The molecule has 1 N–H and O–H groups in total. The Kier molecular flexibility index (Phi) is 8.72. The van der Waals surface area contributed by atoms with Gasteiger partial charge in [0, 0.05) is 0 Å². The van der Waals surface area contributed by atoms with Crippen molar-refractivity contribution in [2.45, 2.75) is 38.7 Å². The molecule has 0 saturated carbocycles. The van der Waals surface area contributed by atoms with E-state index in [0.29, 0.717) is 0 Å². The first-order chi connectivity index (χ1) is 13.2. The van der Waals surface area contributed by atoms with Crippen LogP contribution in [0.5, 0.6) is 5.75 Å². The standard InChI is InChI=1S/C21H24FNO.C2H4O/c1-23-13-12-16-10-11-20(24-19-8-3-2-4-9-19)15-21(16)17-6-5-7-18(22)14-17;1-2-3/h3,5-8,10-11,14-15,19,23H,2,4,9,12-13H2,1H3;2H,1H3. The molecule has 144 valence electrons. The first-order valence-electron chi connectivity index (χ1n) is 9.44. The summed E-state index contributed by atoms with van der Waals surface area (Å²) in [6.07, 6.45) is 9.46. The molecular weight excluding hydrogens is 341 g/mol. The maximum atomic E-state index is 13.7. The summed E-state index contributed by atoms with van der Waals surface area (Å²) in [6, 6.07) is 12.9. The Bertz CT molecular complexity index is 758. The summed E-state index contributed by atoms with van der Waals surface area (Å²) >= 11 is 0. The van der Waals surface area contributed by atoms with Gasteiger partial charge in [0.1, 0.15) is 24.0 Å². The molecule has 1 aliphatic carbocycles. The van der Waals surface area contributed by atoms with Gasteiger partial charge in [0.25, 0.3) is 0 Å². The van der Waals surface area contributed by atoms with Crippen LogP contribution in [0.3, 0.4) is 0 Å². The number of carbonyl (C=O) groups is 1. The molecule has 0 saturated heterocycles. The van der Waals surface area contributed by atoms with Crippen molar-refractivity contribution in [1.82, 2.24) is 5.32 Å². The summed E-state index contributed by atoms with van der Waals surface area (Å²) in [6.45, 7) is 2.33. The molecule has 1 unspecified atom stereocenters. The van der Waals surface area contributed by atoms with E-state index in [1.807, 2.05) is 25.2 Å². The maximum absolute atomic E-state index is 13.7. The molecule has 0 radical (unpaired) electrons. The van der Waals surface area contributed by atoms with Crippen molar-refractivity contribution in [2.75, 3.05) is 13.6 Å². The molecule has 4 heteroatoms. The number of hydrogen-bond donors (Lipinski definition) is 1. The van der Waals surface area contributed by atoms with Crippen molar-refractivity contribution in [1.29, 1.82) is 0 Å². The number of rotatable bonds is 6. The number of benzene rings is 2. The molecule has 3 nitrogen and oxygen atoms in total. The van der Waals surface area contributed by atoms with Crippen LogP contribution >= 0.6 is 0 Å². The van der Waals surface area contributed by atoms with Crippen LogP contribution in [0.4, 0.5) is 4.39 Å². The normalized spacial score (nSPS) is 15.6. The Morgan fingerprint density at radius 2 is 2.07 bits per heavy atom. The van der Waals surface area contributed by atoms with E-state index >= 15 is 0 Å². The minimum absolute atomic E-state index is 0.141. The van der Waals surface area contributed by atoms with Gasteiger partial charge in [-0.25, -0.2) is 4.39 Å². The van der Waals surface area contributed by atoms with Crippen LogP contribution in [0.2, 0.25) is 0 Å². The second-order valence-corrected chi connectivity index (χ2v) is 6.43. The minimum Gasteiger partial charge on any atom is -0.486 e. The fourth-order valence-corrected chi connectivity index (χ4v) is 3.09. The summed E-state index contributed by atoms with van der Waals surface area (Å²) in [5, 5.41) is 3.17. The van der Waals surface area contributed by atoms with Crippen molar-refractivity contribution in [3.63, 3.8) is 0 Å². The third-order valence-electron chi connectivity index (χ3n) is 4.36. The molecular formula is C23H28FNO2. The number of halogens is 1. The highest BCUT2D eigenvalue weighted by molar-refractivity contribution is 5.69. The summed E-state index contributed by atoms with van der Waals surface area (Å²) in [5.41, 5.74) is 3.13. The van der Waals surface area contributed by atoms with Gasteiger partial charge in [0.05, 0.1) is 0 Å². The Balaban J connectivity index is 0.000000817. The molecule has 0 bridgehead atoms. The molecule has 0 amide bonds. The van der Waals surface area contributed by atoms with Crippen LogP contribution < -0.4 is 10.1 Å². The molecule has 2 aromatic rings. The summed E-state index contributed by atoms with van der Waals surface area (Å²) in [7, 11) is 1.94. The lowest BCUT2D eigenvalue weighted by Gasteiger charge is -2.20. The highest BCUT2D eigenvalue weighted by atomic mass is 19.1. The highest BCUT2D eigenvalue weighted by Crippen LogP contribution is 2.30. The molecule has 0 fully saturated rings. The number of allylic oxidation sites excluding steroid dienone is 1. The zero-order valence-electron chi connectivity index (χ0n) is 16.1. The minimum atomic E-state index is -0.214. The van der Waals surface area contributed by atoms with Crippen molar-refractivity contribution >= 4 is 6.29 Å². The molecule has 27 heavy (non-hydrogen) atoms. The van der Waals surface area contributed by atoms with Crippen LogP contribution in [0.15, 0.2) is 54.6 Å². The quantitative estimate of drug-likeness (QED) is 0.578. The van der Waals surface area contributed by atoms with Gasteiger partial charge in [-0.3, -0.25) is 0 Å². The second-order valence-electron chi connectivity index (χ2n) is 6.43. The van der Waals surface area contributed by atoms with Crippen LogP contribution in [0.1, 0.15) is 31.7 Å². The van der Waals surface area contributed by atoms with E-state index in [4.69, 9.17) is 9.53 Å². The van der Waals surface area contributed by atoms with Crippen LogP contribution in [0, 0.1) is 5.82 Å². The van der Waals surface area contributed by atoms with Gasteiger partial charge in [0.15, 0.2) is 0 Å². The Morgan fingerprint density at radius 3 is 2.74 bits per heavy atom. The topological polar surface area (TPSA) is 38.3 Å². The number of likely N-dealkylation sites (N-methyl/N-ethyl adjacent to an activating group) is 1. The van der Waals surface area contributed by atoms with Crippen LogP contribution in [-0.4, -0.2) is 26.0 Å². The van der Waals surface area contributed by atoms with Gasteiger partial charge in [-0.2, -0.15) is 0 Å².